The number of hydrogen-bond donors (Lipinski definition) is 2. The fourth-order valence-electron chi connectivity index (χ4n) is 2.25. The van der Waals surface area contributed by atoms with Crippen LogP contribution in [0.1, 0.15) is 24.0 Å². The summed E-state index contributed by atoms with van der Waals surface area (Å²) in [5, 5.41) is 5.38. The SMILES string of the molecule is Cc1ccc(NC(=O)COC(=O)CCC(=O)Nc2ccc(Br)cc2C)cc1. The molecule has 0 fully saturated rings. The van der Waals surface area contributed by atoms with Crippen LogP contribution in [-0.4, -0.2) is 24.4 Å². The van der Waals surface area contributed by atoms with Crippen LogP contribution in [0.2, 0.25) is 0 Å². The summed E-state index contributed by atoms with van der Waals surface area (Å²) in [7, 11) is 0. The van der Waals surface area contributed by atoms with Gasteiger partial charge in [-0.05, 0) is 49.7 Å². The van der Waals surface area contributed by atoms with E-state index in [1.54, 1.807) is 18.2 Å². The Morgan fingerprint density at radius 1 is 0.926 bits per heavy atom. The first-order chi connectivity index (χ1) is 12.8. The summed E-state index contributed by atoms with van der Waals surface area (Å²) in [4.78, 5) is 35.5. The maximum atomic E-state index is 12.0. The van der Waals surface area contributed by atoms with Crippen LogP contribution in [0.15, 0.2) is 46.9 Å². The maximum Gasteiger partial charge on any atom is 0.306 e. The lowest BCUT2D eigenvalue weighted by Crippen LogP contribution is -2.21. The third kappa shape index (κ3) is 7.22. The summed E-state index contributed by atoms with van der Waals surface area (Å²) in [6.45, 7) is 3.43. The largest absolute Gasteiger partial charge is 0.456 e. The van der Waals surface area contributed by atoms with E-state index in [1.165, 1.54) is 0 Å². The summed E-state index contributed by atoms with van der Waals surface area (Å²) in [6.07, 6.45) is -0.118. The van der Waals surface area contributed by atoms with Gasteiger partial charge in [-0.25, -0.2) is 0 Å². The number of carbonyl (C=O) groups is 3. The van der Waals surface area contributed by atoms with Crippen LogP contribution in [0.5, 0.6) is 0 Å². The highest BCUT2D eigenvalue weighted by Crippen LogP contribution is 2.20. The molecule has 7 heteroatoms. The van der Waals surface area contributed by atoms with E-state index in [0.717, 1.165) is 15.6 Å². The lowest BCUT2D eigenvalue weighted by atomic mass is 10.2. The highest BCUT2D eigenvalue weighted by atomic mass is 79.9. The van der Waals surface area contributed by atoms with Crippen molar-refractivity contribution in [2.24, 2.45) is 0 Å². The second-order valence-electron chi connectivity index (χ2n) is 6.08. The van der Waals surface area contributed by atoms with E-state index in [2.05, 4.69) is 26.6 Å². The molecule has 0 aliphatic rings. The molecule has 142 valence electrons. The summed E-state index contributed by atoms with van der Waals surface area (Å²) in [5.41, 5.74) is 3.31. The number of nitrogens with one attached hydrogen (secondary N) is 2. The van der Waals surface area contributed by atoms with Gasteiger partial charge in [0.15, 0.2) is 6.61 Å². The highest BCUT2D eigenvalue weighted by molar-refractivity contribution is 9.10. The van der Waals surface area contributed by atoms with Gasteiger partial charge in [0.25, 0.3) is 5.91 Å². The number of halogens is 1. The zero-order valence-electron chi connectivity index (χ0n) is 15.2. The van der Waals surface area contributed by atoms with Crippen molar-refractivity contribution in [3.63, 3.8) is 0 Å². The Kier molecular flexibility index (Phi) is 7.55. The van der Waals surface area contributed by atoms with E-state index in [9.17, 15) is 14.4 Å². The zero-order chi connectivity index (χ0) is 19.8. The van der Waals surface area contributed by atoms with E-state index in [0.29, 0.717) is 11.4 Å². The molecule has 0 heterocycles. The molecule has 27 heavy (non-hydrogen) atoms. The molecule has 2 amide bonds. The molecule has 0 unspecified atom stereocenters. The van der Waals surface area contributed by atoms with Gasteiger partial charge >= 0.3 is 5.97 Å². The number of hydrogen-bond acceptors (Lipinski definition) is 4. The standard InChI is InChI=1S/C20H21BrN2O4/c1-13-3-6-16(7-4-13)22-19(25)12-27-20(26)10-9-18(24)23-17-8-5-15(21)11-14(17)2/h3-8,11H,9-10,12H2,1-2H3,(H,22,25)(H,23,24). The highest BCUT2D eigenvalue weighted by Gasteiger charge is 2.11. The molecule has 0 saturated heterocycles. The smallest absolute Gasteiger partial charge is 0.306 e. The quantitative estimate of drug-likeness (QED) is 0.648. The number of ether oxygens (including phenoxy) is 1. The van der Waals surface area contributed by atoms with Gasteiger partial charge in [0.05, 0.1) is 6.42 Å². The average Bonchev–Trinajstić information content (AvgIpc) is 2.62. The van der Waals surface area contributed by atoms with E-state index in [1.807, 2.05) is 38.1 Å². The van der Waals surface area contributed by atoms with Crippen molar-refractivity contribution < 1.29 is 19.1 Å². The first kappa shape index (κ1) is 20.6. The van der Waals surface area contributed by atoms with Gasteiger partial charge in [0.1, 0.15) is 0 Å². The van der Waals surface area contributed by atoms with Crippen LogP contribution < -0.4 is 10.6 Å². The molecule has 2 N–H and O–H groups in total. The Morgan fingerprint density at radius 2 is 1.63 bits per heavy atom. The minimum Gasteiger partial charge on any atom is -0.456 e. The first-order valence-electron chi connectivity index (χ1n) is 8.41. The zero-order valence-corrected chi connectivity index (χ0v) is 16.8. The molecule has 0 saturated carbocycles. The van der Waals surface area contributed by atoms with Crippen LogP contribution in [0.3, 0.4) is 0 Å². The van der Waals surface area contributed by atoms with Gasteiger partial charge in [0, 0.05) is 22.3 Å². The monoisotopic (exact) mass is 432 g/mol. The summed E-state index contributed by atoms with van der Waals surface area (Å²) >= 11 is 3.36. The molecule has 2 aromatic rings. The van der Waals surface area contributed by atoms with Gasteiger partial charge < -0.3 is 15.4 Å². The lowest BCUT2D eigenvalue weighted by molar-refractivity contribution is -0.147. The van der Waals surface area contributed by atoms with Crippen molar-refractivity contribution in [3.8, 4) is 0 Å². The van der Waals surface area contributed by atoms with E-state index < -0.39 is 11.9 Å². The molecule has 0 aliphatic carbocycles. The second-order valence-corrected chi connectivity index (χ2v) is 7.00. The van der Waals surface area contributed by atoms with Crippen LogP contribution in [0, 0.1) is 13.8 Å². The second kappa shape index (κ2) is 9.87. The number of esters is 1. The molecule has 0 aromatic heterocycles. The van der Waals surface area contributed by atoms with E-state index in [-0.39, 0.29) is 25.4 Å². The Hall–Kier alpha value is -2.67. The van der Waals surface area contributed by atoms with Crippen molar-refractivity contribution in [1.82, 2.24) is 0 Å². The van der Waals surface area contributed by atoms with E-state index >= 15 is 0 Å². The van der Waals surface area contributed by atoms with Crippen LogP contribution >= 0.6 is 15.9 Å². The third-order valence-corrected chi connectivity index (χ3v) is 4.21. The van der Waals surface area contributed by atoms with Crippen molar-refractivity contribution in [3.05, 3.63) is 58.1 Å². The average molecular weight is 433 g/mol. The molecule has 0 atom stereocenters. The van der Waals surface area contributed by atoms with Crippen molar-refractivity contribution in [1.29, 1.82) is 0 Å². The number of benzene rings is 2. The van der Waals surface area contributed by atoms with Crippen molar-refractivity contribution in [2.45, 2.75) is 26.7 Å². The molecule has 0 spiro atoms. The number of carbonyl (C=O) groups excluding carboxylic acids is 3. The Balaban J connectivity index is 1.69. The normalized spacial score (nSPS) is 10.2. The summed E-state index contributed by atoms with van der Waals surface area (Å²) in [5.74, 6) is -1.32. The summed E-state index contributed by atoms with van der Waals surface area (Å²) < 4.78 is 5.82. The molecule has 0 radical (unpaired) electrons. The third-order valence-electron chi connectivity index (χ3n) is 3.72. The van der Waals surface area contributed by atoms with Gasteiger partial charge in [-0.1, -0.05) is 33.6 Å². The lowest BCUT2D eigenvalue weighted by Gasteiger charge is -2.09. The van der Waals surface area contributed by atoms with Crippen LogP contribution in [0.25, 0.3) is 0 Å². The fourth-order valence-corrected chi connectivity index (χ4v) is 2.72. The topological polar surface area (TPSA) is 84.5 Å². The number of aryl methyl sites for hydroxylation is 2. The molecular weight excluding hydrogens is 412 g/mol. The number of anilines is 2. The molecule has 2 rings (SSSR count). The predicted molar refractivity (Wildman–Crippen MR) is 108 cm³/mol. The minimum absolute atomic E-state index is 0.0199. The molecule has 6 nitrogen and oxygen atoms in total. The first-order valence-corrected chi connectivity index (χ1v) is 9.21. The molecule has 0 aliphatic heterocycles. The number of rotatable bonds is 7. The Bertz CT molecular complexity index is 834. The summed E-state index contributed by atoms with van der Waals surface area (Å²) in [6, 6.07) is 12.8. The maximum absolute atomic E-state index is 12.0. The van der Waals surface area contributed by atoms with Crippen LogP contribution in [0.4, 0.5) is 11.4 Å². The van der Waals surface area contributed by atoms with E-state index in [4.69, 9.17) is 4.74 Å². The van der Waals surface area contributed by atoms with Gasteiger partial charge in [-0.2, -0.15) is 0 Å². The van der Waals surface area contributed by atoms with Gasteiger partial charge in [-0.15, -0.1) is 0 Å². The molecular formula is C20H21BrN2O4. The fraction of sp³-hybridized carbons (Fsp3) is 0.250. The predicted octanol–water partition coefficient (Wildman–Crippen LogP) is 3.97. The Labute approximate surface area is 166 Å². The minimum atomic E-state index is -0.600. The Morgan fingerprint density at radius 3 is 2.30 bits per heavy atom. The molecule has 2 aromatic carbocycles. The van der Waals surface area contributed by atoms with Gasteiger partial charge in [0.2, 0.25) is 5.91 Å². The van der Waals surface area contributed by atoms with Crippen molar-refractivity contribution in [2.75, 3.05) is 17.2 Å². The number of amides is 2. The molecule has 0 bridgehead atoms. The van der Waals surface area contributed by atoms with Crippen LogP contribution in [-0.2, 0) is 19.1 Å². The van der Waals surface area contributed by atoms with Gasteiger partial charge in [-0.3, -0.25) is 14.4 Å². The van der Waals surface area contributed by atoms with Crippen molar-refractivity contribution >= 4 is 45.1 Å².